The van der Waals surface area contributed by atoms with E-state index in [0.717, 1.165) is 36.8 Å². The molecule has 0 aliphatic carbocycles. The van der Waals surface area contributed by atoms with Crippen molar-refractivity contribution in [1.82, 2.24) is 5.32 Å². The lowest BCUT2D eigenvalue weighted by Crippen LogP contribution is -2.34. The molecule has 1 aromatic carbocycles. The van der Waals surface area contributed by atoms with Gasteiger partial charge in [0.25, 0.3) is 0 Å². The topological polar surface area (TPSA) is 15.3 Å². The maximum absolute atomic E-state index is 13.2. The predicted octanol–water partition coefficient (Wildman–Crippen LogP) is 2.57. The van der Waals surface area contributed by atoms with Crippen LogP contribution < -0.4 is 10.2 Å². The standard InChI is InChI=1S/C14H21FN2/c1-11-9-13(3-4-14(11)15)17(2)10-12-5-7-16-8-6-12/h3-4,9,12,16H,5-8,10H2,1-2H3. The molecule has 2 rings (SSSR count). The number of piperidine rings is 1. The lowest BCUT2D eigenvalue weighted by atomic mass is 9.97. The van der Waals surface area contributed by atoms with E-state index in [1.807, 2.05) is 19.1 Å². The number of anilines is 1. The van der Waals surface area contributed by atoms with E-state index in [1.54, 1.807) is 6.07 Å². The Morgan fingerprint density at radius 2 is 2.06 bits per heavy atom. The molecule has 1 aliphatic rings. The molecule has 0 saturated carbocycles. The number of aryl methyl sites for hydroxylation is 1. The molecule has 1 heterocycles. The molecule has 3 heteroatoms. The maximum Gasteiger partial charge on any atom is 0.126 e. The molecule has 2 nitrogen and oxygen atoms in total. The molecule has 0 unspecified atom stereocenters. The Balaban J connectivity index is 1.98. The number of nitrogens with one attached hydrogen (secondary N) is 1. The van der Waals surface area contributed by atoms with Gasteiger partial charge in [-0.05, 0) is 62.5 Å². The predicted molar refractivity (Wildman–Crippen MR) is 70.0 cm³/mol. The van der Waals surface area contributed by atoms with E-state index >= 15 is 0 Å². The molecule has 94 valence electrons. The SMILES string of the molecule is Cc1cc(N(C)CC2CCNCC2)ccc1F. The zero-order valence-electron chi connectivity index (χ0n) is 10.7. The van der Waals surface area contributed by atoms with Crippen molar-refractivity contribution < 1.29 is 4.39 Å². The molecule has 0 aromatic heterocycles. The zero-order chi connectivity index (χ0) is 12.3. The summed E-state index contributed by atoms with van der Waals surface area (Å²) >= 11 is 0. The van der Waals surface area contributed by atoms with Gasteiger partial charge in [0, 0.05) is 19.3 Å². The molecule has 1 fully saturated rings. The van der Waals surface area contributed by atoms with E-state index in [1.165, 1.54) is 12.8 Å². The van der Waals surface area contributed by atoms with Gasteiger partial charge in [0.2, 0.25) is 0 Å². The summed E-state index contributed by atoms with van der Waals surface area (Å²) in [7, 11) is 2.09. The Kier molecular flexibility index (Phi) is 4.00. The van der Waals surface area contributed by atoms with Crippen LogP contribution >= 0.6 is 0 Å². The van der Waals surface area contributed by atoms with E-state index in [0.29, 0.717) is 0 Å². The van der Waals surface area contributed by atoms with Crippen LogP contribution in [-0.2, 0) is 0 Å². The van der Waals surface area contributed by atoms with Crippen molar-refractivity contribution in [3.8, 4) is 0 Å². The van der Waals surface area contributed by atoms with Crippen LogP contribution in [0.2, 0.25) is 0 Å². The minimum Gasteiger partial charge on any atom is -0.374 e. The smallest absolute Gasteiger partial charge is 0.126 e. The summed E-state index contributed by atoms with van der Waals surface area (Å²) in [5, 5.41) is 3.38. The summed E-state index contributed by atoms with van der Waals surface area (Å²) in [6.07, 6.45) is 2.48. The first kappa shape index (κ1) is 12.4. The highest BCUT2D eigenvalue weighted by Crippen LogP contribution is 2.20. The van der Waals surface area contributed by atoms with Gasteiger partial charge >= 0.3 is 0 Å². The second-order valence-electron chi connectivity index (χ2n) is 5.01. The summed E-state index contributed by atoms with van der Waals surface area (Å²) in [5.41, 5.74) is 1.84. The molecule has 1 N–H and O–H groups in total. The van der Waals surface area contributed by atoms with Crippen LogP contribution in [0.5, 0.6) is 0 Å². The number of benzene rings is 1. The second-order valence-corrected chi connectivity index (χ2v) is 5.01. The van der Waals surface area contributed by atoms with Crippen LogP contribution in [0.3, 0.4) is 0 Å². The van der Waals surface area contributed by atoms with Crippen molar-refractivity contribution >= 4 is 5.69 Å². The van der Waals surface area contributed by atoms with Gasteiger partial charge in [-0.25, -0.2) is 4.39 Å². The van der Waals surface area contributed by atoms with E-state index < -0.39 is 0 Å². The average Bonchev–Trinajstić information content (AvgIpc) is 2.34. The molecule has 0 spiro atoms. The fraction of sp³-hybridized carbons (Fsp3) is 0.571. The third kappa shape index (κ3) is 3.19. The molecule has 1 aliphatic heterocycles. The van der Waals surface area contributed by atoms with Crippen LogP contribution in [0, 0.1) is 18.7 Å². The van der Waals surface area contributed by atoms with E-state index in [-0.39, 0.29) is 5.82 Å². The highest BCUT2D eigenvalue weighted by atomic mass is 19.1. The summed E-state index contributed by atoms with van der Waals surface area (Å²) in [5.74, 6) is 0.635. The Morgan fingerprint density at radius 3 is 2.71 bits per heavy atom. The van der Waals surface area contributed by atoms with Crippen molar-refractivity contribution in [3.05, 3.63) is 29.6 Å². The van der Waals surface area contributed by atoms with Gasteiger partial charge in [0.05, 0.1) is 0 Å². The Morgan fingerprint density at radius 1 is 1.35 bits per heavy atom. The zero-order valence-corrected chi connectivity index (χ0v) is 10.7. The lowest BCUT2D eigenvalue weighted by Gasteiger charge is -2.29. The molecular weight excluding hydrogens is 215 g/mol. The third-order valence-corrected chi connectivity index (χ3v) is 3.57. The van der Waals surface area contributed by atoms with Crippen molar-refractivity contribution in [2.75, 3.05) is 31.6 Å². The Hall–Kier alpha value is -1.09. The maximum atomic E-state index is 13.2. The Labute approximate surface area is 103 Å². The summed E-state index contributed by atoms with van der Waals surface area (Å²) < 4.78 is 13.2. The van der Waals surface area contributed by atoms with Crippen molar-refractivity contribution in [2.45, 2.75) is 19.8 Å². The first-order chi connectivity index (χ1) is 8.16. The summed E-state index contributed by atoms with van der Waals surface area (Å²) in [6.45, 7) is 5.13. The number of hydrogen-bond acceptors (Lipinski definition) is 2. The van der Waals surface area contributed by atoms with Crippen molar-refractivity contribution in [3.63, 3.8) is 0 Å². The van der Waals surface area contributed by atoms with Crippen LogP contribution in [-0.4, -0.2) is 26.7 Å². The minimum absolute atomic E-state index is 0.121. The average molecular weight is 236 g/mol. The fourth-order valence-corrected chi connectivity index (χ4v) is 2.42. The van der Waals surface area contributed by atoms with Gasteiger partial charge in [-0.3, -0.25) is 0 Å². The van der Waals surface area contributed by atoms with Gasteiger partial charge < -0.3 is 10.2 Å². The molecule has 17 heavy (non-hydrogen) atoms. The highest BCUT2D eigenvalue weighted by molar-refractivity contribution is 5.48. The van der Waals surface area contributed by atoms with Gasteiger partial charge in [0.1, 0.15) is 5.82 Å². The largest absolute Gasteiger partial charge is 0.374 e. The molecule has 0 radical (unpaired) electrons. The van der Waals surface area contributed by atoms with Crippen molar-refractivity contribution in [1.29, 1.82) is 0 Å². The first-order valence-electron chi connectivity index (χ1n) is 6.35. The van der Waals surface area contributed by atoms with Gasteiger partial charge in [-0.1, -0.05) is 0 Å². The molecule has 1 saturated heterocycles. The van der Waals surface area contributed by atoms with Gasteiger partial charge in [-0.2, -0.15) is 0 Å². The number of rotatable bonds is 3. The van der Waals surface area contributed by atoms with E-state index in [4.69, 9.17) is 0 Å². The third-order valence-electron chi connectivity index (χ3n) is 3.57. The van der Waals surface area contributed by atoms with Crippen LogP contribution in [0.4, 0.5) is 10.1 Å². The molecular formula is C14H21FN2. The summed E-state index contributed by atoms with van der Waals surface area (Å²) in [4.78, 5) is 2.24. The number of hydrogen-bond donors (Lipinski definition) is 1. The lowest BCUT2D eigenvalue weighted by molar-refractivity contribution is 0.378. The van der Waals surface area contributed by atoms with Crippen LogP contribution in [0.25, 0.3) is 0 Å². The van der Waals surface area contributed by atoms with Crippen molar-refractivity contribution in [2.24, 2.45) is 5.92 Å². The Bertz CT molecular complexity index is 372. The monoisotopic (exact) mass is 236 g/mol. The van der Waals surface area contributed by atoms with E-state index in [9.17, 15) is 4.39 Å². The molecule has 0 bridgehead atoms. The number of halogens is 1. The normalized spacial score (nSPS) is 17.1. The van der Waals surface area contributed by atoms with Crippen LogP contribution in [0.15, 0.2) is 18.2 Å². The minimum atomic E-state index is -0.121. The van der Waals surface area contributed by atoms with Gasteiger partial charge in [0.15, 0.2) is 0 Å². The second kappa shape index (κ2) is 5.50. The fourth-order valence-electron chi connectivity index (χ4n) is 2.42. The molecule has 1 aromatic rings. The summed E-state index contributed by atoms with van der Waals surface area (Å²) in [6, 6.07) is 5.35. The number of nitrogens with zero attached hydrogens (tertiary/aromatic N) is 1. The quantitative estimate of drug-likeness (QED) is 0.867. The van der Waals surface area contributed by atoms with Gasteiger partial charge in [-0.15, -0.1) is 0 Å². The van der Waals surface area contributed by atoms with E-state index in [2.05, 4.69) is 17.3 Å². The highest BCUT2D eigenvalue weighted by Gasteiger charge is 2.15. The van der Waals surface area contributed by atoms with Crippen LogP contribution in [0.1, 0.15) is 18.4 Å². The molecule has 0 amide bonds. The first-order valence-corrected chi connectivity index (χ1v) is 6.35. The molecule has 0 atom stereocenters.